The first-order valence-corrected chi connectivity index (χ1v) is 6.89. The topological polar surface area (TPSA) is 50.4 Å². The molecule has 0 bridgehead atoms. The summed E-state index contributed by atoms with van der Waals surface area (Å²) in [4.78, 5) is 4.26. The zero-order valence-corrected chi connectivity index (χ0v) is 12.1. The first-order chi connectivity index (χ1) is 9.66. The van der Waals surface area contributed by atoms with Gasteiger partial charge < -0.3 is 5.73 Å². The summed E-state index contributed by atoms with van der Waals surface area (Å²) in [5.41, 5.74) is 7.74. The van der Waals surface area contributed by atoms with E-state index in [2.05, 4.69) is 29.4 Å². The number of benzene rings is 2. The molecule has 0 spiro atoms. The van der Waals surface area contributed by atoms with Crippen LogP contribution in [0.1, 0.15) is 30.3 Å². The van der Waals surface area contributed by atoms with Crippen molar-refractivity contribution in [2.45, 2.75) is 19.1 Å². The highest BCUT2D eigenvalue weighted by atomic mass is 35.5. The van der Waals surface area contributed by atoms with Gasteiger partial charge in [0.2, 0.25) is 0 Å². The minimum Gasteiger partial charge on any atom is -0.374 e. The summed E-state index contributed by atoms with van der Waals surface area (Å²) in [6.45, 7) is 2.09. The van der Waals surface area contributed by atoms with Gasteiger partial charge in [-0.25, -0.2) is 4.99 Å². The van der Waals surface area contributed by atoms with E-state index in [-0.39, 0.29) is 17.5 Å². The molecule has 20 heavy (non-hydrogen) atoms. The highest BCUT2D eigenvalue weighted by Crippen LogP contribution is 2.20. The molecule has 0 aliphatic carbocycles. The zero-order chi connectivity index (χ0) is 14.4. The van der Waals surface area contributed by atoms with E-state index in [9.17, 15) is 0 Å². The Morgan fingerprint density at radius 2 is 1.50 bits per heavy atom. The lowest BCUT2D eigenvalue weighted by Gasteiger charge is -2.21. The number of aliphatic imine (C=N–C) groups is 1. The van der Waals surface area contributed by atoms with Gasteiger partial charge in [-0.05, 0) is 29.7 Å². The molecule has 0 saturated carbocycles. The predicted molar refractivity (Wildman–Crippen MR) is 84.7 cm³/mol. The number of nitrogens with zero attached hydrogens (tertiary/aromatic N) is 1. The summed E-state index contributed by atoms with van der Waals surface area (Å²) in [6.07, 6.45) is -0.260. The van der Waals surface area contributed by atoms with E-state index in [0.717, 1.165) is 5.56 Å². The van der Waals surface area contributed by atoms with Gasteiger partial charge in [0, 0.05) is 6.04 Å². The van der Waals surface area contributed by atoms with Crippen LogP contribution in [0.3, 0.4) is 0 Å². The van der Waals surface area contributed by atoms with Crippen molar-refractivity contribution in [2.24, 2.45) is 10.7 Å². The van der Waals surface area contributed by atoms with Gasteiger partial charge in [-0.3, -0.25) is 5.32 Å². The van der Waals surface area contributed by atoms with Crippen molar-refractivity contribution >= 4 is 16.9 Å². The van der Waals surface area contributed by atoms with Crippen molar-refractivity contribution in [1.29, 1.82) is 0 Å². The summed E-state index contributed by atoms with van der Waals surface area (Å²) >= 11 is 5.74. The van der Waals surface area contributed by atoms with Gasteiger partial charge in [-0.15, -0.1) is 0 Å². The van der Waals surface area contributed by atoms with E-state index in [1.54, 1.807) is 0 Å². The Kier molecular flexibility index (Phi) is 5.16. The van der Waals surface area contributed by atoms with E-state index in [0.29, 0.717) is 0 Å². The molecule has 104 valence electrons. The van der Waals surface area contributed by atoms with Gasteiger partial charge in [0.05, 0.1) is 0 Å². The average molecular weight is 288 g/mol. The van der Waals surface area contributed by atoms with Crippen LogP contribution < -0.4 is 11.1 Å². The van der Waals surface area contributed by atoms with Crippen LogP contribution in [0.25, 0.3) is 0 Å². The summed E-state index contributed by atoms with van der Waals surface area (Å²) in [5, 5.41) is 3.48. The van der Waals surface area contributed by atoms with E-state index >= 15 is 0 Å². The second-order valence-electron chi connectivity index (χ2n) is 4.56. The second kappa shape index (κ2) is 7.08. The van der Waals surface area contributed by atoms with Crippen molar-refractivity contribution in [3.63, 3.8) is 0 Å². The highest BCUT2D eigenvalue weighted by molar-refractivity contribution is 6.64. The molecule has 2 rings (SSSR count). The number of hydrogen-bond donors (Lipinski definition) is 2. The molecular formula is C16H18ClN3. The normalized spacial score (nSPS) is 14.8. The minimum atomic E-state index is -0.260. The van der Waals surface area contributed by atoms with Crippen LogP contribution in [-0.2, 0) is 0 Å². The maximum absolute atomic E-state index is 5.74. The van der Waals surface area contributed by atoms with E-state index in [4.69, 9.17) is 17.3 Å². The zero-order valence-electron chi connectivity index (χ0n) is 11.3. The monoisotopic (exact) mass is 287 g/mol. The van der Waals surface area contributed by atoms with Crippen molar-refractivity contribution in [3.05, 3.63) is 71.8 Å². The molecule has 2 aromatic rings. The van der Waals surface area contributed by atoms with E-state index < -0.39 is 0 Å². The van der Waals surface area contributed by atoms with Crippen LogP contribution in [-0.4, -0.2) is 5.29 Å². The third kappa shape index (κ3) is 4.08. The van der Waals surface area contributed by atoms with Crippen LogP contribution in [0.4, 0.5) is 0 Å². The van der Waals surface area contributed by atoms with Crippen LogP contribution in [0, 0.1) is 0 Å². The number of nitrogens with two attached hydrogens (primary N) is 1. The van der Waals surface area contributed by atoms with Gasteiger partial charge >= 0.3 is 0 Å². The standard InChI is InChI=1S/C16H18ClN3/c1-12(13-8-4-2-5-9-13)19-15(20-16(17)18)14-10-6-3-7-11-14/h2-12,15,19H,1H3,(H2,18,20). The van der Waals surface area contributed by atoms with E-state index in [1.165, 1.54) is 5.56 Å². The van der Waals surface area contributed by atoms with Crippen molar-refractivity contribution < 1.29 is 0 Å². The predicted octanol–water partition coefficient (Wildman–Crippen LogP) is 3.59. The molecule has 0 fully saturated rings. The molecule has 0 radical (unpaired) electrons. The lowest BCUT2D eigenvalue weighted by Crippen LogP contribution is -2.25. The minimum absolute atomic E-state index is 0.0478. The Labute approximate surface area is 124 Å². The van der Waals surface area contributed by atoms with Gasteiger partial charge in [-0.2, -0.15) is 0 Å². The summed E-state index contributed by atoms with van der Waals surface area (Å²) in [6, 6.07) is 20.2. The Morgan fingerprint density at radius 3 is 2.00 bits per heavy atom. The van der Waals surface area contributed by atoms with Crippen LogP contribution in [0.5, 0.6) is 0 Å². The highest BCUT2D eigenvalue weighted by Gasteiger charge is 2.14. The Hall–Kier alpha value is -1.84. The fourth-order valence-electron chi connectivity index (χ4n) is 2.04. The molecular weight excluding hydrogens is 270 g/mol. The molecule has 2 atom stereocenters. The lowest BCUT2D eigenvalue weighted by molar-refractivity contribution is 0.481. The largest absolute Gasteiger partial charge is 0.374 e. The number of nitrogens with one attached hydrogen (secondary N) is 1. The molecule has 2 unspecified atom stereocenters. The first-order valence-electron chi connectivity index (χ1n) is 6.51. The molecule has 0 saturated heterocycles. The molecule has 3 N–H and O–H groups in total. The first kappa shape index (κ1) is 14.6. The average Bonchev–Trinajstić information content (AvgIpc) is 2.48. The van der Waals surface area contributed by atoms with Crippen LogP contribution in [0.15, 0.2) is 65.7 Å². The molecule has 0 heterocycles. The molecule has 0 aliphatic rings. The molecule has 0 aliphatic heterocycles. The summed E-state index contributed by atoms with van der Waals surface area (Å²) in [7, 11) is 0. The Morgan fingerprint density at radius 1 is 1.00 bits per heavy atom. The van der Waals surface area contributed by atoms with Crippen molar-refractivity contribution in [2.75, 3.05) is 0 Å². The third-order valence-corrected chi connectivity index (χ3v) is 3.17. The van der Waals surface area contributed by atoms with Crippen molar-refractivity contribution in [3.8, 4) is 0 Å². The molecule has 4 heteroatoms. The third-order valence-electron chi connectivity index (χ3n) is 3.08. The fraction of sp³-hybridized carbons (Fsp3) is 0.188. The molecule has 0 amide bonds. The van der Waals surface area contributed by atoms with Gasteiger partial charge in [0.25, 0.3) is 0 Å². The second-order valence-corrected chi connectivity index (χ2v) is 4.95. The molecule has 3 nitrogen and oxygen atoms in total. The van der Waals surface area contributed by atoms with E-state index in [1.807, 2.05) is 48.5 Å². The van der Waals surface area contributed by atoms with Gasteiger partial charge in [-0.1, -0.05) is 60.7 Å². The maximum Gasteiger partial charge on any atom is 0.190 e. The Bertz CT molecular complexity index is 550. The van der Waals surface area contributed by atoms with Crippen molar-refractivity contribution in [1.82, 2.24) is 5.32 Å². The Balaban J connectivity index is 2.19. The summed E-state index contributed by atoms with van der Waals surface area (Å²) < 4.78 is 0. The SMILES string of the molecule is CC(NC(/N=C(\N)Cl)c1ccccc1)c1ccccc1. The summed E-state index contributed by atoms with van der Waals surface area (Å²) in [5.74, 6) is 0. The number of halogens is 1. The molecule has 0 aromatic heterocycles. The number of rotatable bonds is 5. The number of amidine groups is 1. The smallest absolute Gasteiger partial charge is 0.190 e. The number of hydrogen-bond acceptors (Lipinski definition) is 2. The quantitative estimate of drug-likeness (QED) is 0.502. The molecule has 2 aromatic carbocycles. The van der Waals surface area contributed by atoms with Gasteiger partial charge in [0.1, 0.15) is 6.17 Å². The van der Waals surface area contributed by atoms with Gasteiger partial charge in [0.15, 0.2) is 5.29 Å². The van der Waals surface area contributed by atoms with Crippen LogP contribution >= 0.6 is 11.6 Å². The van der Waals surface area contributed by atoms with Crippen LogP contribution in [0.2, 0.25) is 0 Å². The maximum atomic E-state index is 5.74. The fourth-order valence-corrected chi connectivity index (χ4v) is 2.14. The lowest BCUT2D eigenvalue weighted by atomic mass is 10.1.